The summed E-state index contributed by atoms with van der Waals surface area (Å²) in [4.78, 5) is 2.45. The van der Waals surface area contributed by atoms with Gasteiger partial charge >= 0.3 is 0 Å². The second kappa shape index (κ2) is 10.1. The fourth-order valence-electron chi connectivity index (χ4n) is 3.79. The molecular formula is C24H28ClNO2. The summed E-state index contributed by atoms with van der Waals surface area (Å²) in [5, 5.41) is 19.7. The number of hydrogen-bond acceptors (Lipinski definition) is 3. The Morgan fingerprint density at radius 2 is 1.71 bits per heavy atom. The van der Waals surface area contributed by atoms with Crippen LogP contribution in [0.25, 0.3) is 0 Å². The van der Waals surface area contributed by atoms with E-state index in [1.54, 1.807) is 0 Å². The number of aliphatic hydroxyl groups excluding tert-OH is 2. The second-order valence-corrected chi connectivity index (χ2v) is 8.08. The van der Waals surface area contributed by atoms with Crippen LogP contribution in [-0.2, 0) is 13.0 Å². The quantitative estimate of drug-likeness (QED) is 0.727. The minimum atomic E-state index is -0.0757. The molecule has 3 nitrogen and oxygen atoms in total. The lowest BCUT2D eigenvalue weighted by molar-refractivity contribution is 0.0414. The highest BCUT2D eigenvalue weighted by Gasteiger charge is 2.34. The zero-order chi connectivity index (χ0) is 19.8. The molecule has 0 unspecified atom stereocenters. The van der Waals surface area contributed by atoms with Gasteiger partial charge in [-0.05, 0) is 67.1 Å². The number of likely N-dealkylation sites (tertiary alicyclic amines) is 1. The molecule has 0 radical (unpaired) electrons. The molecule has 3 rings (SSSR count). The van der Waals surface area contributed by atoms with E-state index in [2.05, 4.69) is 34.9 Å². The molecule has 148 valence electrons. The van der Waals surface area contributed by atoms with Gasteiger partial charge in [0.1, 0.15) is 0 Å². The number of rotatable bonds is 6. The first-order valence-electron chi connectivity index (χ1n) is 9.89. The molecule has 1 fully saturated rings. The van der Waals surface area contributed by atoms with E-state index in [-0.39, 0.29) is 18.6 Å². The fourth-order valence-corrected chi connectivity index (χ4v) is 4.00. The summed E-state index contributed by atoms with van der Waals surface area (Å²) < 4.78 is 0. The molecule has 1 aliphatic rings. The molecule has 28 heavy (non-hydrogen) atoms. The molecule has 1 aliphatic heterocycles. The van der Waals surface area contributed by atoms with Crippen molar-refractivity contribution >= 4 is 11.6 Å². The number of piperidine rings is 1. The van der Waals surface area contributed by atoms with Gasteiger partial charge in [-0.15, -0.1) is 0 Å². The van der Waals surface area contributed by atoms with Crippen LogP contribution in [0.5, 0.6) is 0 Å². The normalized spacial score (nSPS) is 16.4. The molecule has 0 bridgehead atoms. The minimum Gasteiger partial charge on any atom is -0.396 e. The zero-order valence-corrected chi connectivity index (χ0v) is 17.0. The zero-order valence-electron chi connectivity index (χ0n) is 16.2. The van der Waals surface area contributed by atoms with Crippen LogP contribution in [0.3, 0.4) is 0 Å². The third-order valence-corrected chi connectivity index (χ3v) is 5.97. The van der Waals surface area contributed by atoms with Gasteiger partial charge < -0.3 is 10.2 Å². The van der Waals surface area contributed by atoms with E-state index in [9.17, 15) is 5.11 Å². The Bertz CT molecular complexity index is 814. The number of halogens is 1. The first-order chi connectivity index (χ1) is 13.6. The Kier molecular flexibility index (Phi) is 7.53. The lowest BCUT2D eigenvalue weighted by atomic mass is 9.74. The van der Waals surface area contributed by atoms with Crippen molar-refractivity contribution in [3.05, 3.63) is 70.2 Å². The van der Waals surface area contributed by atoms with E-state index in [0.717, 1.165) is 55.0 Å². The van der Waals surface area contributed by atoms with Crippen LogP contribution < -0.4 is 0 Å². The smallest absolute Gasteiger partial charge is 0.0540 e. The fraction of sp³-hybridized carbons (Fsp3) is 0.417. The first kappa shape index (κ1) is 20.9. The molecule has 1 heterocycles. The number of aliphatic hydroxyl groups is 2. The molecule has 0 spiro atoms. The van der Waals surface area contributed by atoms with Crippen molar-refractivity contribution < 1.29 is 10.2 Å². The Hall–Kier alpha value is -1.83. The third kappa shape index (κ3) is 5.59. The van der Waals surface area contributed by atoms with Gasteiger partial charge in [-0.1, -0.05) is 53.8 Å². The maximum Gasteiger partial charge on any atom is 0.0540 e. The van der Waals surface area contributed by atoms with Gasteiger partial charge in [-0.25, -0.2) is 0 Å². The maximum absolute atomic E-state index is 10.1. The lowest BCUT2D eigenvalue weighted by Crippen LogP contribution is -2.42. The maximum atomic E-state index is 10.1. The first-order valence-corrected chi connectivity index (χ1v) is 10.3. The summed E-state index contributed by atoms with van der Waals surface area (Å²) in [6.45, 7) is 3.17. The van der Waals surface area contributed by atoms with Crippen molar-refractivity contribution in [3.8, 4) is 11.8 Å². The van der Waals surface area contributed by atoms with Crippen molar-refractivity contribution in [2.45, 2.75) is 32.2 Å². The predicted octanol–water partition coefficient (Wildman–Crippen LogP) is 3.89. The van der Waals surface area contributed by atoms with E-state index >= 15 is 0 Å². The monoisotopic (exact) mass is 397 g/mol. The summed E-state index contributed by atoms with van der Waals surface area (Å²) in [6.07, 6.45) is 3.29. The minimum absolute atomic E-state index is 0.0757. The Balaban J connectivity index is 1.56. The Labute approximate surface area is 173 Å². The molecule has 2 N–H and O–H groups in total. The molecule has 2 aromatic carbocycles. The number of hydrogen-bond donors (Lipinski definition) is 2. The van der Waals surface area contributed by atoms with Gasteiger partial charge in [0.15, 0.2) is 0 Å². The molecule has 0 saturated carbocycles. The Morgan fingerprint density at radius 1 is 1.00 bits per heavy atom. The van der Waals surface area contributed by atoms with E-state index < -0.39 is 0 Å². The van der Waals surface area contributed by atoms with Crippen molar-refractivity contribution in [2.24, 2.45) is 5.41 Å². The summed E-state index contributed by atoms with van der Waals surface area (Å²) in [5.74, 6) is 6.01. The number of nitrogens with zero attached hydrogens (tertiary/aromatic N) is 1. The van der Waals surface area contributed by atoms with Gasteiger partial charge in [0.25, 0.3) is 0 Å². The SMILES string of the molecule is OCCC#Cc1ccc(CN2CCC(CO)(Cc3ccccc3Cl)CC2)cc1. The average Bonchev–Trinajstić information content (AvgIpc) is 2.73. The third-order valence-electron chi connectivity index (χ3n) is 5.61. The average molecular weight is 398 g/mol. The second-order valence-electron chi connectivity index (χ2n) is 7.67. The molecule has 0 aromatic heterocycles. The van der Waals surface area contributed by atoms with Crippen molar-refractivity contribution in [1.82, 2.24) is 4.90 Å². The summed E-state index contributed by atoms with van der Waals surface area (Å²) in [6, 6.07) is 16.3. The van der Waals surface area contributed by atoms with E-state index in [0.29, 0.717) is 6.42 Å². The topological polar surface area (TPSA) is 43.7 Å². The Morgan fingerprint density at radius 3 is 2.36 bits per heavy atom. The summed E-state index contributed by atoms with van der Waals surface area (Å²) in [5.41, 5.74) is 3.31. The number of benzene rings is 2. The summed E-state index contributed by atoms with van der Waals surface area (Å²) in [7, 11) is 0. The van der Waals surface area contributed by atoms with Crippen LogP contribution in [0, 0.1) is 17.3 Å². The summed E-state index contributed by atoms with van der Waals surface area (Å²) >= 11 is 6.34. The van der Waals surface area contributed by atoms with Gasteiger partial charge in [0.2, 0.25) is 0 Å². The van der Waals surface area contributed by atoms with Gasteiger partial charge in [0, 0.05) is 30.2 Å². The van der Waals surface area contributed by atoms with Crippen LogP contribution in [-0.4, -0.2) is 41.4 Å². The molecule has 0 atom stereocenters. The van der Waals surface area contributed by atoms with Gasteiger partial charge in [-0.2, -0.15) is 0 Å². The van der Waals surface area contributed by atoms with Crippen molar-refractivity contribution in [3.63, 3.8) is 0 Å². The molecule has 0 aliphatic carbocycles. The molecular weight excluding hydrogens is 370 g/mol. The highest BCUT2D eigenvalue weighted by atomic mass is 35.5. The van der Waals surface area contributed by atoms with Crippen LogP contribution in [0.15, 0.2) is 48.5 Å². The largest absolute Gasteiger partial charge is 0.396 e. The van der Waals surface area contributed by atoms with Gasteiger partial charge in [0.05, 0.1) is 6.61 Å². The van der Waals surface area contributed by atoms with E-state index in [1.165, 1.54) is 5.56 Å². The van der Waals surface area contributed by atoms with E-state index in [1.807, 2.05) is 30.3 Å². The molecule has 0 amide bonds. The van der Waals surface area contributed by atoms with Gasteiger partial charge in [-0.3, -0.25) is 4.90 Å². The standard InChI is InChI=1S/C24H28ClNO2/c25-23-7-2-1-6-22(23)17-24(19-28)12-14-26(15-13-24)18-21-10-8-20(9-11-21)5-3-4-16-27/h1-2,6-11,27-28H,4,12-19H2. The lowest BCUT2D eigenvalue weighted by Gasteiger charge is -2.41. The van der Waals surface area contributed by atoms with E-state index in [4.69, 9.17) is 16.7 Å². The molecule has 1 saturated heterocycles. The molecule has 2 aromatic rings. The highest BCUT2D eigenvalue weighted by molar-refractivity contribution is 6.31. The van der Waals surface area contributed by atoms with Crippen molar-refractivity contribution in [2.75, 3.05) is 26.3 Å². The predicted molar refractivity (Wildman–Crippen MR) is 114 cm³/mol. The van der Waals surface area contributed by atoms with Crippen LogP contribution in [0.4, 0.5) is 0 Å². The van der Waals surface area contributed by atoms with Crippen LogP contribution in [0.2, 0.25) is 5.02 Å². The van der Waals surface area contributed by atoms with Crippen LogP contribution >= 0.6 is 11.6 Å². The van der Waals surface area contributed by atoms with Crippen molar-refractivity contribution in [1.29, 1.82) is 0 Å². The van der Waals surface area contributed by atoms with Crippen LogP contribution in [0.1, 0.15) is 36.0 Å². The molecule has 4 heteroatoms. The highest BCUT2D eigenvalue weighted by Crippen LogP contribution is 2.36.